The van der Waals surface area contributed by atoms with Crippen molar-refractivity contribution in [3.63, 3.8) is 0 Å². The predicted octanol–water partition coefficient (Wildman–Crippen LogP) is 2.51. The lowest BCUT2D eigenvalue weighted by molar-refractivity contribution is -0.117. The van der Waals surface area contributed by atoms with Gasteiger partial charge in [-0.3, -0.25) is 9.59 Å². The van der Waals surface area contributed by atoms with Gasteiger partial charge in [0, 0.05) is 19.1 Å². The van der Waals surface area contributed by atoms with Crippen molar-refractivity contribution in [1.82, 2.24) is 5.32 Å². The van der Waals surface area contributed by atoms with Crippen molar-refractivity contribution in [1.29, 1.82) is 0 Å². The van der Waals surface area contributed by atoms with Gasteiger partial charge in [0.2, 0.25) is 5.91 Å². The quantitative estimate of drug-likeness (QED) is 0.739. The summed E-state index contributed by atoms with van der Waals surface area (Å²) in [5.74, 6) is -1.62. The van der Waals surface area contributed by atoms with Crippen molar-refractivity contribution in [2.45, 2.75) is 31.8 Å². The first-order chi connectivity index (χ1) is 13.5. The van der Waals surface area contributed by atoms with E-state index >= 15 is 0 Å². The molecule has 0 bridgehead atoms. The number of carbonyl (C=O) groups excluding carboxylic acids is 2. The van der Waals surface area contributed by atoms with E-state index in [0.29, 0.717) is 5.69 Å². The minimum atomic E-state index is -0.824. The molecule has 0 spiro atoms. The minimum absolute atomic E-state index is 0.0906. The number of hydrogen-bond donors (Lipinski definition) is 3. The molecule has 2 aromatic carbocycles. The highest BCUT2D eigenvalue weighted by Crippen LogP contribution is 2.28. The number of piperidine rings is 1. The van der Waals surface area contributed by atoms with Gasteiger partial charge in [-0.05, 0) is 44.0 Å². The van der Waals surface area contributed by atoms with E-state index in [-0.39, 0.29) is 17.5 Å². The van der Waals surface area contributed by atoms with Crippen LogP contribution in [-0.2, 0) is 4.79 Å². The molecule has 1 aliphatic rings. The Labute approximate surface area is 163 Å². The molecule has 1 aliphatic heterocycles. The molecule has 2 amide bonds. The summed E-state index contributed by atoms with van der Waals surface area (Å²) >= 11 is 0. The summed E-state index contributed by atoms with van der Waals surface area (Å²) in [7, 11) is 0. The van der Waals surface area contributed by atoms with Crippen LogP contribution in [0.4, 0.5) is 15.8 Å². The number of para-hydroxylation sites is 2. The highest BCUT2D eigenvalue weighted by atomic mass is 19.1. The lowest BCUT2D eigenvalue weighted by Gasteiger charge is -2.33. The molecule has 1 saturated heterocycles. The fourth-order valence-electron chi connectivity index (χ4n) is 3.22. The van der Waals surface area contributed by atoms with Crippen LogP contribution >= 0.6 is 0 Å². The molecular weight excluding hydrogens is 359 g/mol. The first-order valence-corrected chi connectivity index (χ1v) is 9.41. The zero-order chi connectivity index (χ0) is 20.1. The normalized spacial score (nSPS) is 15.8. The average molecular weight is 384 g/mol. The number of nitrogens with two attached hydrogens (primary N) is 1. The lowest BCUT2D eigenvalue weighted by Crippen LogP contribution is -2.42. The van der Waals surface area contributed by atoms with Gasteiger partial charge in [0.25, 0.3) is 5.91 Å². The first kappa shape index (κ1) is 19.8. The molecule has 6 nitrogen and oxygen atoms in total. The Hall–Kier alpha value is -2.93. The third-order valence-electron chi connectivity index (χ3n) is 4.90. The molecule has 1 heterocycles. The summed E-state index contributed by atoms with van der Waals surface area (Å²) in [5.41, 5.74) is 7.49. The second-order valence-corrected chi connectivity index (χ2v) is 7.01. The first-order valence-electron chi connectivity index (χ1n) is 9.41. The van der Waals surface area contributed by atoms with Gasteiger partial charge in [0.1, 0.15) is 11.9 Å². The summed E-state index contributed by atoms with van der Waals surface area (Å²) in [5, 5.41) is 5.41. The van der Waals surface area contributed by atoms with Crippen molar-refractivity contribution in [3.8, 4) is 0 Å². The van der Waals surface area contributed by atoms with Gasteiger partial charge >= 0.3 is 0 Å². The smallest absolute Gasteiger partial charge is 0.254 e. The number of anilines is 2. The van der Waals surface area contributed by atoms with Crippen LogP contribution in [0.5, 0.6) is 0 Å². The Bertz CT molecular complexity index is 850. The Kier molecular flexibility index (Phi) is 6.26. The largest absolute Gasteiger partial charge is 0.370 e. The van der Waals surface area contributed by atoms with E-state index in [0.717, 1.165) is 31.6 Å². The van der Waals surface area contributed by atoms with E-state index in [1.165, 1.54) is 18.2 Å². The number of amides is 2. The Balaban J connectivity index is 1.66. The number of benzene rings is 2. The molecule has 0 aliphatic carbocycles. The van der Waals surface area contributed by atoms with Crippen LogP contribution in [0, 0.1) is 5.82 Å². The van der Waals surface area contributed by atoms with Crippen LogP contribution in [0.2, 0.25) is 0 Å². The standard InChI is InChI=1S/C21H25FN4O2/c1-14(24-21(28)16-6-2-3-7-17(16)22)20(27)25-18-8-4-5-9-19(18)26-12-10-15(23)11-13-26/h2-9,14-15H,10-13,23H2,1H3,(H,24,28)(H,25,27). The number of rotatable bonds is 5. The fraction of sp³-hybridized carbons (Fsp3) is 0.333. The monoisotopic (exact) mass is 384 g/mol. The molecule has 3 rings (SSSR count). The minimum Gasteiger partial charge on any atom is -0.370 e. The molecule has 1 fully saturated rings. The van der Waals surface area contributed by atoms with Gasteiger partial charge in [-0.1, -0.05) is 24.3 Å². The van der Waals surface area contributed by atoms with E-state index in [9.17, 15) is 14.0 Å². The zero-order valence-corrected chi connectivity index (χ0v) is 15.8. The van der Waals surface area contributed by atoms with Gasteiger partial charge < -0.3 is 21.3 Å². The molecule has 148 valence electrons. The maximum atomic E-state index is 13.7. The zero-order valence-electron chi connectivity index (χ0n) is 15.8. The molecule has 0 saturated carbocycles. The van der Waals surface area contributed by atoms with Crippen LogP contribution in [0.25, 0.3) is 0 Å². The average Bonchev–Trinajstić information content (AvgIpc) is 2.69. The number of nitrogens with zero attached hydrogens (tertiary/aromatic N) is 1. The van der Waals surface area contributed by atoms with Crippen LogP contribution in [0.1, 0.15) is 30.1 Å². The van der Waals surface area contributed by atoms with E-state index in [2.05, 4.69) is 15.5 Å². The predicted molar refractivity (Wildman–Crippen MR) is 108 cm³/mol. The molecule has 4 N–H and O–H groups in total. The number of carbonyl (C=O) groups is 2. The van der Waals surface area contributed by atoms with Crippen molar-refractivity contribution < 1.29 is 14.0 Å². The number of nitrogens with one attached hydrogen (secondary N) is 2. The van der Waals surface area contributed by atoms with Crippen molar-refractivity contribution in [3.05, 3.63) is 59.9 Å². The highest BCUT2D eigenvalue weighted by molar-refractivity contribution is 6.02. The highest BCUT2D eigenvalue weighted by Gasteiger charge is 2.22. The molecule has 1 unspecified atom stereocenters. The topological polar surface area (TPSA) is 87.5 Å². The van der Waals surface area contributed by atoms with Gasteiger partial charge in [-0.2, -0.15) is 0 Å². The Morgan fingerprint density at radius 2 is 1.75 bits per heavy atom. The molecule has 1 atom stereocenters. The number of halogens is 1. The van der Waals surface area contributed by atoms with Crippen molar-refractivity contribution in [2.24, 2.45) is 5.73 Å². The van der Waals surface area contributed by atoms with E-state index in [1.54, 1.807) is 13.0 Å². The summed E-state index contributed by atoms with van der Waals surface area (Å²) in [6.45, 7) is 3.22. The maximum Gasteiger partial charge on any atom is 0.254 e. The van der Waals surface area contributed by atoms with Crippen molar-refractivity contribution in [2.75, 3.05) is 23.3 Å². The Morgan fingerprint density at radius 1 is 1.11 bits per heavy atom. The second kappa shape index (κ2) is 8.84. The molecule has 7 heteroatoms. The van der Waals surface area contributed by atoms with E-state index < -0.39 is 17.8 Å². The van der Waals surface area contributed by atoms with Gasteiger partial charge in [0.15, 0.2) is 0 Å². The third kappa shape index (κ3) is 4.67. The molecule has 0 aromatic heterocycles. The molecule has 28 heavy (non-hydrogen) atoms. The Morgan fingerprint density at radius 3 is 2.46 bits per heavy atom. The molecule has 0 radical (unpaired) electrons. The van der Waals surface area contributed by atoms with Gasteiger partial charge in [-0.15, -0.1) is 0 Å². The van der Waals surface area contributed by atoms with Gasteiger partial charge in [-0.25, -0.2) is 4.39 Å². The summed E-state index contributed by atoms with van der Waals surface area (Å²) in [6, 6.07) is 12.6. The summed E-state index contributed by atoms with van der Waals surface area (Å²) in [6.07, 6.45) is 1.80. The maximum absolute atomic E-state index is 13.7. The van der Waals surface area contributed by atoms with E-state index in [1.807, 2.05) is 24.3 Å². The summed E-state index contributed by atoms with van der Waals surface area (Å²) < 4.78 is 13.7. The molecular formula is C21H25FN4O2. The van der Waals surface area contributed by atoms with Crippen LogP contribution in [0.3, 0.4) is 0 Å². The van der Waals surface area contributed by atoms with Crippen LogP contribution < -0.4 is 21.3 Å². The molecule has 2 aromatic rings. The van der Waals surface area contributed by atoms with E-state index in [4.69, 9.17) is 5.73 Å². The van der Waals surface area contributed by atoms with Gasteiger partial charge in [0.05, 0.1) is 16.9 Å². The lowest BCUT2D eigenvalue weighted by atomic mass is 10.0. The van der Waals surface area contributed by atoms with Crippen LogP contribution in [0.15, 0.2) is 48.5 Å². The van der Waals surface area contributed by atoms with Crippen molar-refractivity contribution >= 4 is 23.2 Å². The third-order valence-corrected chi connectivity index (χ3v) is 4.90. The van der Waals surface area contributed by atoms with Crippen LogP contribution in [-0.4, -0.2) is 37.0 Å². The number of hydrogen-bond acceptors (Lipinski definition) is 4. The second-order valence-electron chi connectivity index (χ2n) is 7.01. The summed E-state index contributed by atoms with van der Waals surface area (Å²) in [4.78, 5) is 27.0. The SMILES string of the molecule is CC(NC(=O)c1ccccc1F)C(=O)Nc1ccccc1N1CCC(N)CC1. The fourth-order valence-corrected chi connectivity index (χ4v) is 3.22.